The molecule has 0 spiro atoms. The molecule has 1 N–H and O–H groups in total. The van der Waals surface area contributed by atoms with Gasteiger partial charge in [0.2, 0.25) is 5.91 Å². The summed E-state index contributed by atoms with van der Waals surface area (Å²) in [6.45, 7) is -0.159. The highest BCUT2D eigenvalue weighted by atomic mass is 79.9. The predicted molar refractivity (Wildman–Crippen MR) is 101 cm³/mol. The van der Waals surface area contributed by atoms with Crippen molar-refractivity contribution in [3.8, 4) is 0 Å². The van der Waals surface area contributed by atoms with Crippen molar-refractivity contribution in [2.24, 2.45) is 0 Å². The first-order valence-corrected chi connectivity index (χ1v) is 9.01. The molecule has 1 aliphatic rings. The molecule has 1 unspecified atom stereocenters. The van der Waals surface area contributed by atoms with E-state index >= 15 is 0 Å². The number of benzene rings is 2. The lowest BCUT2D eigenvalue weighted by Crippen LogP contribution is -2.38. The van der Waals surface area contributed by atoms with Crippen molar-refractivity contribution in [2.75, 3.05) is 11.9 Å². The summed E-state index contributed by atoms with van der Waals surface area (Å²) in [6.07, 6.45) is 1.41. The van der Waals surface area contributed by atoms with Gasteiger partial charge in [0.1, 0.15) is 12.4 Å². The Labute approximate surface area is 162 Å². The smallest absolute Gasteiger partial charge is 0.290 e. The van der Waals surface area contributed by atoms with Gasteiger partial charge in [0, 0.05) is 15.7 Å². The highest BCUT2D eigenvalue weighted by Crippen LogP contribution is 2.38. The fourth-order valence-electron chi connectivity index (χ4n) is 3.21. The monoisotopic (exact) mass is 428 g/mol. The number of amides is 2. The van der Waals surface area contributed by atoms with Crippen LogP contribution in [-0.4, -0.2) is 23.3 Å². The summed E-state index contributed by atoms with van der Waals surface area (Å²) in [4.78, 5) is 26.9. The van der Waals surface area contributed by atoms with Crippen molar-refractivity contribution in [1.82, 2.24) is 4.90 Å². The number of furan rings is 1. The van der Waals surface area contributed by atoms with Gasteiger partial charge in [0.15, 0.2) is 5.76 Å². The average molecular weight is 429 g/mol. The maximum atomic E-state index is 13.5. The van der Waals surface area contributed by atoms with Crippen LogP contribution < -0.4 is 5.32 Å². The quantitative estimate of drug-likeness (QED) is 0.659. The van der Waals surface area contributed by atoms with Crippen LogP contribution in [0.3, 0.4) is 0 Å². The molecule has 0 bridgehead atoms. The lowest BCUT2D eigenvalue weighted by atomic mass is 9.95. The summed E-state index contributed by atoms with van der Waals surface area (Å²) in [6, 6.07) is 13.9. The van der Waals surface area contributed by atoms with Crippen molar-refractivity contribution in [3.05, 3.63) is 88.0 Å². The van der Waals surface area contributed by atoms with Gasteiger partial charge in [0.05, 0.1) is 12.3 Å². The second-order valence-corrected chi connectivity index (χ2v) is 7.06. The van der Waals surface area contributed by atoms with Crippen molar-refractivity contribution in [2.45, 2.75) is 6.04 Å². The SMILES string of the molecule is O=C1CN(C(=O)c2ccco2)C(c2ccc(F)cc2)c2cc(Br)ccc2N1. The zero-order valence-electron chi connectivity index (χ0n) is 14.0. The maximum absolute atomic E-state index is 13.5. The molecule has 2 amide bonds. The predicted octanol–water partition coefficient (Wildman–Crippen LogP) is 4.37. The van der Waals surface area contributed by atoms with Gasteiger partial charge in [-0.25, -0.2) is 4.39 Å². The van der Waals surface area contributed by atoms with Crippen LogP contribution >= 0.6 is 15.9 Å². The van der Waals surface area contributed by atoms with Crippen molar-refractivity contribution in [3.63, 3.8) is 0 Å². The number of fused-ring (bicyclic) bond motifs is 1. The summed E-state index contributed by atoms with van der Waals surface area (Å²) < 4.78 is 19.5. The van der Waals surface area contributed by atoms with Gasteiger partial charge in [-0.1, -0.05) is 28.1 Å². The van der Waals surface area contributed by atoms with Gasteiger partial charge in [-0.3, -0.25) is 9.59 Å². The minimum atomic E-state index is -0.588. The first-order valence-electron chi connectivity index (χ1n) is 8.22. The second-order valence-electron chi connectivity index (χ2n) is 6.14. The Bertz CT molecular complexity index is 1000. The molecule has 0 fully saturated rings. The summed E-state index contributed by atoms with van der Waals surface area (Å²) in [5.74, 6) is -0.978. The molecule has 2 heterocycles. The molecule has 0 saturated carbocycles. The second kappa shape index (κ2) is 7.00. The number of hydrogen-bond acceptors (Lipinski definition) is 3. The highest BCUT2D eigenvalue weighted by molar-refractivity contribution is 9.10. The fraction of sp³-hybridized carbons (Fsp3) is 0.100. The van der Waals surface area contributed by atoms with Gasteiger partial charge in [-0.2, -0.15) is 0 Å². The summed E-state index contributed by atoms with van der Waals surface area (Å²) in [5.41, 5.74) is 2.01. The number of carbonyl (C=O) groups is 2. The van der Waals surface area contributed by atoms with Crippen molar-refractivity contribution < 1.29 is 18.4 Å². The Morgan fingerprint density at radius 1 is 1.19 bits per heavy atom. The summed E-state index contributed by atoms with van der Waals surface area (Å²) in [7, 11) is 0. The molecule has 5 nitrogen and oxygen atoms in total. The van der Waals surface area contributed by atoms with Gasteiger partial charge < -0.3 is 14.6 Å². The largest absolute Gasteiger partial charge is 0.459 e. The summed E-state index contributed by atoms with van der Waals surface area (Å²) >= 11 is 3.44. The Morgan fingerprint density at radius 2 is 1.96 bits per heavy atom. The number of carbonyl (C=O) groups excluding carboxylic acids is 2. The van der Waals surface area contributed by atoms with Crippen LogP contribution in [0.25, 0.3) is 0 Å². The number of hydrogen-bond donors (Lipinski definition) is 1. The van der Waals surface area contributed by atoms with Crippen LogP contribution in [0.15, 0.2) is 69.8 Å². The first kappa shape index (κ1) is 17.5. The Kier molecular flexibility index (Phi) is 4.53. The van der Waals surface area contributed by atoms with E-state index in [1.807, 2.05) is 12.1 Å². The minimum Gasteiger partial charge on any atom is -0.459 e. The van der Waals surface area contributed by atoms with E-state index in [9.17, 15) is 14.0 Å². The van der Waals surface area contributed by atoms with Crippen molar-refractivity contribution in [1.29, 1.82) is 0 Å². The third-order valence-corrected chi connectivity index (χ3v) is 4.88. The molecule has 1 atom stereocenters. The molecule has 136 valence electrons. The van der Waals surface area contributed by atoms with E-state index in [0.29, 0.717) is 11.3 Å². The highest BCUT2D eigenvalue weighted by Gasteiger charge is 2.35. The molecule has 7 heteroatoms. The first-order chi connectivity index (χ1) is 13.0. The Hall–Kier alpha value is -2.93. The number of nitrogens with one attached hydrogen (secondary N) is 1. The van der Waals surface area contributed by atoms with Gasteiger partial charge in [-0.05, 0) is 48.0 Å². The molecule has 4 rings (SSSR count). The summed E-state index contributed by atoms with van der Waals surface area (Å²) in [5, 5.41) is 2.83. The third kappa shape index (κ3) is 3.38. The van der Waals surface area contributed by atoms with Crippen LogP contribution in [0, 0.1) is 5.82 Å². The van der Waals surface area contributed by atoms with E-state index in [2.05, 4.69) is 21.2 Å². The Balaban J connectivity index is 1.90. The molecule has 1 aromatic heterocycles. The van der Waals surface area contributed by atoms with Gasteiger partial charge in [0.25, 0.3) is 5.91 Å². The topological polar surface area (TPSA) is 62.6 Å². The lowest BCUT2D eigenvalue weighted by Gasteiger charge is -2.30. The van der Waals surface area contributed by atoms with Gasteiger partial charge in [-0.15, -0.1) is 0 Å². The number of rotatable bonds is 2. The van der Waals surface area contributed by atoms with Crippen LogP contribution in [0.2, 0.25) is 0 Å². The molecular weight excluding hydrogens is 415 g/mol. The van der Waals surface area contributed by atoms with E-state index < -0.39 is 11.9 Å². The van der Waals surface area contributed by atoms with Crippen LogP contribution in [0.5, 0.6) is 0 Å². The molecule has 0 aliphatic carbocycles. The van der Waals surface area contributed by atoms with E-state index in [1.54, 1.807) is 30.3 Å². The van der Waals surface area contributed by atoms with E-state index in [-0.39, 0.29) is 24.0 Å². The zero-order valence-corrected chi connectivity index (χ0v) is 15.6. The van der Waals surface area contributed by atoms with E-state index in [0.717, 1.165) is 10.0 Å². The molecule has 2 aromatic carbocycles. The van der Waals surface area contributed by atoms with Crippen molar-refractivity contribution >= 4 is 33.4 Å². The van der Waals surface area contributed by atoms with E-state index in [1.165, 1.54) is 23.3 Å². The standard InChI is InChI=1S/C20H14BrFN2O3/c21-13-5-8-16-15(10-13)19(12-3-6-14(22)7-4-12)24(11-18(25)23-16)20(26)17-2-1-9-27-17/h1-10,19H,11H2,(H,23,25). The average Bonchev–Trinajstić information content (AvgIpc) is 3.14. The molecule has 0 radical (unpaired) electrons. The minimum absolute atomic E-state index is 0.133. The number of nitrogens with zero attached hydrogens (tertiary/aromatic N) is 1. The van der Waals surface area contributed by atoms with Crippen LogP contribution in [-0.2, 0) is 4.79 Å². The van der Waals surface area contributed by atoms with Crippen LogP contribution in [0.1, 0.15) is 27.7 Å². The normalized spacial score (nSPS) is 16.4. The maximum Gasteiger partial charge on any atom is 0.290 e. The van der Waals surface area contributed by atoms with Gasteiger partial charge >= 0.3 is 0 Å². The molecule has 27 heavy (non-hydrogen) atoms. The van der Waals surface area contributed by atoms with Crippen LogP contribution in [0.4, 0.5) is 10.1 Å². The lowest BCUT2D eigenvalue weighted by molar-refractivity contribution is -0.117. The molecule has 1 aliphatic heterocycles. The van der Waals surface area contributed by atoms with E-state index in [4.69, 9.17) is 4.42 Å². The zero-order chi connectivity index (χ0) is 19.0. The third-order valence-electron chi connectivity index (χ3n) is 4.39. The number of anilines is 1. The Morgan fingerprint density at radius 3 is 2.67 bits per heavy atom. The fourth-order valence-corrected chi connectivity index (χ4v) is 3.59. The molecule has 0 saturated heterocycles. The number of halogens is 2. The molecular formula is C20H14BrFN2O3. The molecule has 3 aromatic rings.